The van der Waals surface area contributed by atoms with Gasteiger partial charge in [0.05, 0.1) is 0 Å². The highest BCUT2D eigenvalue weighted by molar-refractivity contribution is 6.18. The lowest BCUT2D eigenvalue weighted by atomic mass is 9.95. The van der Waals surface area contributed by atoms with Gasteiger partial charge in [0.15, 0.2) is 23.1 Å². The van der Waals surface area contributed by atoms with Crippen molar-refractivity contribution in [2.45, 2.75) is 0 Å². The van der Waals surface area contributed by atoms with E-state index in [1.54, 1.807) is 0 Å². The molecule has 5 heteroatoms. The molecule has 9 rings (SSSR count). The monoisotopic (exact) mass is 602 g/mol. The van der Waals surface area contributed by atoms with Gasteiger partial charge in [0.2, 0.25) is 0 Å². The second-order valence-electron chi connectivity index (χ2n) is 11.5. The lowest BCUT2D eigenvalue weighted by Gasteiger charge is -2.10. The van der Waals surface area contributed by atoms with Gasteiger partial charge in [-0.1, -0.05) is 133 Å². The van der Waals surface area contributed by atoms with Gasteiger partial charge in [-0.15, -0.1) is 0 Å². The van der Waals surface area contributed by atoms with Crippen molar-refractivity contribution in [2.24, 2.45) is 0 Å². The van der Waals surface area contributed by atoms with E-state index in [1.807, 2.05) is 79.0 Å². The number of fused-ring (bicyclic) bond motifs is 5. The first-order valence-corrected chi connectivity index (χ1v) is 15.6. The van der Waals surface area contributed by atoms with E-state index in [0.29, 0.717) is 17.5 Å². The van der Waals surface area contributed by atoms with E-state index in [9.17, 15) is 0 Å². The Morgan fingerprint density at radius 3 is 1.57 bits per heavy atom. The summed E-state index contributed by atoms with van der Waals surface area (Å²) in [7, 11) is 0. The Balaban J connectivity index is 1.07. The maximum absolute atomic E-state index is 6.36. The van der Waals surface area contributed by atoms with E-state index in [1.165, 1.54) is 0 Å². The van der Waals surface area contributed by atoms with Crippen LogP contribution in [0, 0.1) is 0 Å². The summed E-state index contributed by atoms with van der Waals surface area (Å²) >= 11 is 0. The number of pyridine rings is 1. The van der Waals surface area contributed by atoms with E-state index in [2.05, 4.69) is 83.8 Å². The van der Waals surface area contributed by atoms with Crippen LogP contribution in [0.5, 0.6) is 0 Å². The minimum Gasteiger partial charge on any atom is -0.454 e. The zero-order valence-electron chi connectivity index (χ0n) is 25.2. The molecule has 0 saturated heterocycles. The van der Waals surface area contributed by atoms with E-state index >= 15 is 0 Å². The molecule has 9 aromatic rings. The van der Waals surface area contributed by atoms with Crippen molar-refractivity contribution in [1.29, 1.82) is 0 Å². The van der Waals surface area contributed by atoms with Crippen LogP contribution in [0.4, 0.5) is 0 Å². The molecule has 0 spiro atoms. The molecule has 0 aliphatic rings. The van der Waals surface area contributed by atoms with Crippen molar-refractivity contribution < 1.29 is 4.42 Å². The molecule has 5 nitrogen and oxygen atoms in total. The molecule has 0 amide bonds. The second-order valence-corrected chi connectivity index (χ2v) is 11.5. The van der Waals surface area contributed by atoms with E-state index in [4.69, 9.17) is 19.4 Å². The molecule has 0 bridgehead atoms. The molecule has 3 heterocycles. The van der Waals surface area contributed by atoms with Crippen LogP contribution in [-0.2, 0) is 0 Å². The minimum atomic E-state index is 0.641. The van der Waals surface area contributed by atoms with Gasteiger partial charge in [-0.25, -0.2) is 15.0 Å². The summed E-state index contributed by atoms with van der Waals surface area (Å²) in [4.78, 5) is 19.1. The standard InChI is InChI=1S/C42H26N4O/c1-3-9-31(10-4-1)40-44-41(32-11-5-2-6-12-32)46-42(45-40)33-22-18-28(19-23-33)27-16-20-29(21-17-27)34-14-7-13-30-24-25-35-38-36(15-8-26-43-38)47-39(35)37(30)34/h1-26H. The summed E-state index contributed by atoms with van der Waals surface area (Å²) < 4.78 is 6.36. The molecule has 0 unspecified atom stereocenters. The first kappa shape index (κ1) is 26.9. The molecule has 3 aromatic heterocycles. The highest BCUT2D eigenvalue weighted by Gasteiger charge is 2.15. The average molecular weight is 603 g/mol. The van der Waals surface area contributed by atoms with Crippen LogP contribution >= 0.6 is 0 Å². The van der Waals surface area contributed by atoms with Crippen LogP contribution in [0.1, 0.15) is 0 Å². The summed E-state index contributed by atoms with van der Waals surface area (Å²) in [5.74, 6) is 1.94. The van der Waals surface area contributed by atoms with Crippen molar-refractivity contribution in [3.8, 4) is 56.4 Å². The van der Waals surface area contributed by atoms with Crippen LogP contribution < -0.4 is 0 Å². The predicted molar refractivity (Wildman–Crippen MR) is 190 cm³/mol. The van der Waals surface area contributed by atoms with Gasteiger partial charge in [0, 0.05) is 33.7 Å². The SMILES string of the molecule is c1ccc(-c2nc(-c3ccccc3)nc(-c3ccc(-c4ccc(-c5cccc6ccc7c8ncccc8oc7c56)cc4)cc3)n2)cc1. The van der Waals surface area contributed by atoms with Gasteiger partial charge in [0.1, 0.15) is 11.1 Å². The maximum atomic E-state index is 6.36. The predicted octanol–water partition coefficient (Wildman–Crippen LogP) is 10.7. The van der Waals surface area contributed by atoms with E-state index in [-0.39, 0.29) is 0 Å². The summed E-state index contributed by atoms with van der Waals surface area (Å²) in [5, 5.41) is 3.27. The number of benzene rings is 6. The van der Waals surface area contributed by atoms with Crippen LogP contribution in [0.15, 0.2) is 162 Å². The molecule has 0 atom stereocenters. The molecular formula is C42H26N4O. The van der Waals surface area contributed by atoms with Crippen molar-refractivity contribution in [2.75, 3.05) is 0 Å². The first-order chi connectivity index (χ1) is 23.3. The zero-order valence-corrected chi connectivity index (χ0v) is 25.2. The molecule has 220 valence electrons. The average Bonchev–Trinajstić information content (AvgIpc) is 3.54. The molecule has 0 radical (unpaired) electrons. The van der Waals surface area contributed by atoms with Crippen LogP contribution in [-0.4, -0.2) is 19.9 Å². The van der Waals surface area contributed by atoms with E-state index < -0.39 is 0 Å². The van der Waals surface area contributed by atoms with Crippen molar-refractivity contribution in [3.05, 3.63) is 158 Å². The third-order valence-corrected chi connectivity index (χ3v) is 8.61. The first-order valence-electron chi connectivity index (χ1n) is 15.6. The fraction of sp³-hybridized carbons (Fsp3) is 0. The number of furan rings is 1. The molecule has 0 saturated carbocycles. The summed E-state index contributed by atoms with van der Waals surface area (Å²) in [6.07, 6.45) is 1.81. The number of hydrogen-bond acceptors (Lipinski definition) is 5. The van der Waals surface area contributed by atoms with Crippen LogP contribution in [0.2, 0.25) is 0 Å². The lowest BCUT2D eigenvalue weighted by molar-refractivity contribution is 0.672. The largest absolute Gasteiger partial charge is 0.454 e. The van der Waals surface area contributed by atoms with Crippen molar-refractivity contribution in [1.82, 2.24) is 19.9 Å². The second kappa shape index (κ2) is 11.2. The van der Waals surface area contributed by atoms with Gasteiger partial charge in [-0.2, -0.15) is 0 Å². The molecule has 47 heavy (non-hydrogen) atoms. The smallest absolute Gasteiger partial charge is 0.164 e. The number of hydrogen-bond donors (Lipinski definition) is 0. The van der Waals surface area contributed by atoms with Crippen LogP contribution in [0.25, 0.3) is 89.3 Å². The van der Waals surface area contributed by atoms with Gasteiger partial charge in [-0.05, 0) is 45.8 Å². The fourth-order valence-electron chi connectivity index (χ4n) is 6.26. The van der Waals surface area contributed by atoms with Gasteiger partial charge >= 0.3 is 0 Å². The molecule has 0 fully saturated rings. The molecule has 0 aliphatic carbocycles. The Kier molecular flexibility index (Phi) is 6.39. The number of aromatic nitrogens is 4. The zero-order chi connectivity index (χ0) is 31.2. The van der Waals surface area contributed by atoms with Gasteiger partial charge < -0.3 is 4.42 Å². The normalized spacial score (nSPS) is 11.4. The third-order valence-electron chi connectivity index (χ3n) is 8.61. The Morgan fingerprint density at radius 2 is 0.957 bits per heavy atom. The topological polar surface area (TPSA) is 64.7 Å². The minimum absolute atomic E-state index is 0.641. The number of nitrogens with zero attached hydrogens (tertiary/aromatic N) is 4. The van der Waals surface area contributed by atoms with Crippen molar-refractivity contribution in [3.63, 3.8) is 0 Å². The molecule has 6 aromatic carbocycles. The summed E-state index contributed by atoms with van der Waals surface area (Å²) in [5.41, 5.74) is 9.90. The molecule has 0 N–H and O–H groups in total. The Morgan fingerprint density at radius 1 is 0.404 bits per heavy atom. The number of rotatable bonds is 5. The van der Waals surface area contributed by atoms with Crippen LogP contribution in [0.3, 0.4) is 0 Å². The Bertz CT molecular complexity index is 2480. The van der Waals surface area contributed by atoms with Gasteiger partial charge in [-0.3, -0.25) is 4.98 Å². The highest BCUT2D eigenvalue weighted by Crippen LogP contribution is 2.39. The van der Waals surface area contributed by atoms with E-state index in [0.717, 1.165) is 71.8 Å². The highest BCUT2D eigenvalue weighted by atomic mass is 16.3. The summed E-state index contributed by atoms with van der Waals surface area (Å²) in [6, 6.07) is 51.7. The van der Waals surface area contributed by atoms with Gasteiger partial charge in [0.25, 0.3) is 0 Å². The fourth-order valence-corrected chi connectivity index (χ4v) is 6.26. The Labute approximate surface area is 270 Å². The quantitative estimate of drug-likeness (QED) is 0.196. The molecular weight excluding hydrogens is 576 g/mol. The Hall–Kier alpha value is -6.46. The van der Waals surface area contributed by atoms with Crippen molar-refractivity contribution >= 4 is 32.8 Å². The lowest BCUT2D eigenvalue weighted by Crippen LogP contribution is -2.00. The summed E-state index contributed by atoms with van der Waals surface area (Å²) in [6.45, 7) is 0. The molecule has 0 aliphatic heterocycles. The maximum Gasteiger partial charge on any atom is 0.164 e. The third kappa shape index (κ3) is 4.82.